The molecular weight excluding hydrogens is 366 g/mol. The summed E-state index contributed by atoms with van der Waals surface area (Å²) in [4.78, 5) is 11.6. The third kappa shape index (κ3) is 2.98. The highest BCUT2D eigenvalue weighted by molar-refractivity contribution is 7.80. The van der Waals surface area contributed by atoms with Crippen LogP contribution in [-0.2, 0) is 0 Å². The van der Waals surface area contributed by atoms with Crippen LogP contribution in [0.15, 0.2) is 67.1 Å². The van der Waals surface area contributed by atoms with Crippen LogP contribution in [0.3, 0.4) is 0 Å². The average Bonchev–Trinajstić information content (AvgIpc) is 3.48. The maximum absolute atomic E-state index is 5.83. The summed E-state index contributed by atoms with van der Waals surface area (Å²) in [6.45, 7) is 0. The molecule has 5 nitrogen and oxygen atoms in total. The van der Waals surface area contributed by atoms with E-state index in [1.54, 1.807) is 0 Å². The minimum absolute atomic E-state index is 0.0201. The van der Waals surface area contributed by atoms with E-state index >= 15 is 0 Å². The lowest BCUT2D eigenvalue weighted by molar-refractivity contribution is 0.239. The number of hydrogen-bond acceptors (Lipinski definition) is 3. The third-order valence-corrected chi connectivity index (χ3v) is 6.16. The summed E-state index contributed by atoms with van der Waals surface area (Å²) in [5, 5.41) is 4.41. The molecule has 1 saturated carbocycles. The summed E-state index contributed by atoms with van der Waals surface area (Å²) in [5.74, 6) is 0.923. The fourth-order valence-electron chi connectivity index (χ4n) is 4.60. The molecule has 2 aliphatic rings. The van der Waals surface area contributed by atoms with Gasteiger partial charge in [-0.05, 0) is 61.5 Å². The van der Waals surface area contributed by atoms with Crippen LogP contribution in [0.4, 0.5) is 0 Å². The summed E-state index contributed by atoms with van der Waals surface area (Å²) in [7, 11) is 0. The van der Waals surface area contributed by atoms with Crippen molar-refractivity contribution in [2.75, 3.05) is 0 Å². The molecule has 4 heterocycles. The van der Waals surface area contributed by atoms with Gasteiger partial charge in [-0.3, -0.25) is 4.98 Å². The zero-order valence-electron chi connectivity index (χ0n) is 15.6. The Morgan fingerprint density at radius 2 is 1.71 bits per heavy atom. The highest BCUT2D eigenvalue weighted by Gasteiger charge is 2.44. The second-order valence-corrected chi connectivity index (χ2v) is 7.85. The molecule has 1 aliphatic heterocycles. The van der Waals surface area contributed by atoms with E-state index < -0.39 is 0 Å². The van der Waals surface area contributed by atoms with Crippen molar-refractivity contribution in [2.45, 2.75) is 43.8 Å². The quantitative estimate of drug-likeness (QED) is 0.678. The zero-order chi connectivity index (χ0) is 18.9. The standard InChI is InChI=1S/C22H23N5S/c28-22-25-20(17-10-3-5-13-23-17)21(27(22)16-8-1-2-9-16)18-11-7-15-26(18)19-12-4-6-14-24-19/h3-7,10-16,20-21H,1-2,8-9H2,(H,25,28)/t20-,21+/m0/s1. The van der Waals surface area contributed by atoms with Gasteiger partial charge in [0.15, 0.2) is 5.11 Å². The Morgan fingerprint density at radius 3 is 2.43 bits per heavy atom. The predicted molar refractivity (Wildman–Crippen MR) is 113 cm³/mol. The molecule has 6 heteroatoms. The Bertz CT molecular complexity index is 949. The fraction of sp³-hybridized carbons (Fsp3) is 0.318. The van der Waals surface area contributed by atoms with Gasteiger partial charge in [0.2, 0.25) is 0 Å². The topological polar surface area (TPSA) is 46.0 Å². The van der Waals surface area contributed by atoms with Crippen LogP contribution in [-0.4, -0.2) is 30.6 Å². The van der Waals surface area contributed by atoms with E-state index in [1.165, 1.54) is 31.4 Å². The van der Waals surface area contributed by atoms with E-state index in [2.05, 4.69) is 49.1 Å². The van der Waals surface area contributed by atoms with Crippen molar-refractivity contribution in [1.82, 2.24) is 24.8 Å². The molecule has 0 bridgehead atoms. The average molecular weight is 390 g/mol. The van der Waals surface area contributed by atoms with Crippen molar-refractivity contribution in [3.63, 3.8) is 0 Å². The van der Waals surface area contributed by atoms with Gasteiger partial charge in [0, 0.05) is 30.3 Å². The van der Waals surface area contributed by atoms with E-state index in [0.717, 1.165) is 16.6 Å². The molecule has 2 atom stereocenters. The number of aromatic nitrogens is 3. The Kier molecular flexibility index (Phi) is 4.56. The Morgan fingerprint density at radius 1 is 0.929 bits per heavy atom. The van der Waals surface area contributed by atoms with Gasteiger partial charge in [0.05, 0.1) is 17.8 Å². The van der Waals surface area contributed by atoms with Crippen LogP contribution in [0.5, 0.6) is 0 Å². The van der Waals surface area contributed by atoms with Crippen LogP contribution in [0.1, 0.15) is 49.2 Å². The molecule has 0 radical (unpaired) electrons. The Balaban J connectivity index is 1.62. The molecular formula is C22H23N5S. The summed E-state index contributed by atoms with van der Waals surface area (Å²) >= 11 is 5.83. The maximum Gasteiger partial charge on any atom is 0.170 e. The van der Waals surface area contributed by atoms with Gasteiger partial charge < -0.3 is 14.8 Å². The normalized spacial score (nSPS) is 22.6. The number of pyridine rings is 2. The predicted octanol–water partition coefficient (Wildman–Crippen LogP) is 4.18. The van der Waals surface area contributed by atoms with E-state index in [9.17, 15) is 0 Å². The fourth-order valence-corrected chi connectivity index (χ4v) is 4.99. The monoisotopic (exact) mass is 389 g/mol. The van der Waals surface area contributed by atoms with Crippen molar-refractivity contribution >= 4 is 17.3 Å². The number of nitrogens with zero attached hydrogens (tertiary/aromatic N) is 4. The third-order valence-electron chi connectivity index (χ3n) is 5.83. The lowest BCUT2D eigenvalue weighted by atomic mass is 9.99. The van der Waals surface area contributed by atoms with Crippen molar-refractivity contribution < 1.29 is 0 Å². The lowest BCUT2D eigenvalue weighted by Gasteiger charge is -2.33. The second kappa shape index (κ2) is 7.36. The van der Waals surface area contributed by atoms with E-state index in [4.69, 9.17) is 12.2 Å². The molecule has 1 N–H and O–H groups in total. The van der Waals surface area contributed by atoms with Gasteiger partial charge >= 0.3 is 0 Å². The van der Waals surface area contributed by atoms with Crippen molar-refractivity contribution in [3.05, 3.63) is 78.5 Å². The van der Waals surface area contributed by atoms with Gasteiger partial charge in [-0.2, -0.15) is 0 Å². The molecule has 1 saturated heterocycles. The first-order valence-electron chi connectivity index (χ1n) is 9.91. The molecule has 1 aliphatic carbocycles. The minimum Gasteiger partial charge on any atom is -0.352 e. The number of rotatable bonds is 4. The van der Waals surface area contributed by atoms with Crippen LogP contribution >= 0.6 is 12.2 Å². The number of hydrogen-bond donors (Lipinski definition) is 1. The lowest BCUT2D eigenvalue weighted by Crippen LogP contribution is -2.38. The van der Waals surface area contributed by atoms with Crippen molar-refractivity contribution in [2.24, 2.45) is 0 Å². The van der Waals surface area contributed by atoms with Crippen molar-refractivity contribution in [1.29, 1.82) is 0 Å². The van der Waals surface area contributed by atoms with Crippen LogP contribution in [0, 0.1) is 0 Å². The molecule has 142 valence electrons. The molecule has 28 heavy (non-hydrogen) atoms. The molecule has 3 aromatic rings. The van der Waals surface area contributed by atoms with Gasteiger partial charge in [-0.1, -0.05) is 25.0 Å². The molecule has 2 fully saturated rings. The smallest absolute Gasteiger partial charge is 0.170 e. The first-order chi connectivity index (χ1) is 13.8. The number of thiocarbonyl (C=S) groups is 1. The molecule has 5 rings (SSSR count). The van der Waals surface area contributed by atoms with Crippen molar-refractivity contribution in [3.8, 4) is 5.82 Å². The van der Waals surface area contributed by atoms with Gasteiger partial charge in [0.25, 0.3) is 0 Å². The van der Waals surface area contributed by atoms with Crippen LogP contribution in [0.2, 0.25) is 0 Å². The van der Waals surface area contributed by atoms with Crippen LogP contribution in [0.25, 0.3) is 5.82 Å². The zero-order valence-corrected chi connectivity index (χ0v) is 16.4. The number of nitrogens with one attached hydrogen (secondary N) is 1. The summed E-state index contributed by atoms with van der Waals surface area (Å²) in [5.41, 5.74) is 2.21. The van der Waals surface area contributed by atoms with E-state index in [-0.39, 0.29) is 12.1 Å². The van der Waals surface area contributed by atoms with E-state index in [0.29, 0.717) is 6.04 Å². The molecule has 0 amide bonds. The Labute approximate surface area is 170 Å². The molecule has 0 aromatic carbocycles. The second-order valence-electron chi connectivity index (χ2n) is 7.46. The minimum atomic E-state index is 0.0201. The Hall–Kier alpha value is -2.73. The van der Waals surface area contributed by atoms with E-state index in [1.807, 2.05) is 42.7 Å². The van der Waals surface area contributed by atoms with Gasteiger partial charge in [-0.15, -0.1) is 0 Å². The largest absolute Gasteiger partial charge is 0.352 e. The van der Waals surface area contributed by atoms with Gasteiger partial charge in [-0.25, -0.2) is 4.98 Å². The van der Waals surface area contributed by atoms with Gasteiger partial charge in [0.1, 0.15) is 5.82 Å². The molecule has 3 aromatic heterocycles. The summed E-state index contributed by atoms with van der Waals surface area (Å²) in [6, 6.07) is 17.0. The maximum atomic E-state index is 5.83. The first kappa shape index (κ1) is 17.4. The molecule has 0 spiro atoms. The SMILES string of the molecule is S=C1N[C@@H](c2ccccn2)[C@@H](c2cccn2-c2ccccn2)N1C1CCCC1. The highest BCUT2D eigenvalue weighted by atomic mass is 32.1. The summed E-state index contributed by atoms with van der Waals surface area (Å²) in [6.07, 6.45) is 10.7. The summed E-state index contributed by atoms with van der Waals surface area (Å²) < 4.78 is 2.18. The molecule has 0 unspecified atom stereocenters. The van der Waals surface area contributed by atoms with Crippen LogP contribution < -0.4 is 5.32 Å². The first-order valence-corrected chi connectivity index (χ1v) is 10.3. The highest BCUT2D eigenvalue weighted by Crippen LogP contribution is 2.43.